The fourth-order valence-electron chi connectivity index (χ4n) is 6.19. The maximum atomic E-state index is 13.0. The van der Waals surface area contributed by atoms with Gasteiger partial charge in [0.1, 0.15) is 30.5 Å². The molecule has 308 valence electrons. The van der Waals surface area contributed by atoms with Crippen LogP contribution in [0.3, 0.4) is 0 Å². The van der Waals surface area contributed by atoms with Crippen LogP contribution in [0.2, 0.25) is 0 Å². The second-order valence-electron chi connectivity index (χ2n) is 14.5. The topological polar surface area (TPSA) is 169 Å². The van der Waals surface area contributed by atoms with Gasteiger partial charge in [0, 0.05) is 0 Å². The van der Waals surface area contributed by atoms with Crippen LogP contribution >= 0.6 is 0 Å². The van der Waals surface area contributed by atoms with Gasteiger partial charge in [0.2, 0.25) is 5.91 Å². The quantitative estimate of drug-likeness (QED) is 0.0280. The lowest BCUT2D eigenvalue weighted by atomic mass is 9.99. The highest BCUT2D eigenvalue weighted by Gasteiger charge is 2.44. The molecule has 8 atom stereocenters. The standard InChI is InChI=1S/C43H77NO9/c1-3-5-7-9-11-13-15-16-17-18-19-20-22-24-26-28-30-32-37(47)42(51)44-35(34-52-43-41(50)40(49)39(48)38(33-45)53-43)36(46)31-29-27-25-23-21-14-12-10-8-6-4-2/h8,10,19-21,23,29,31,35-41,43,45-50H,3-7,9,11-18,22,24-28,30,32-34H2,1-2H3,(H,44,51)/b10-8+,20-19-,23-21+,31-29+. The van der Waals surface area contributed by atoms with E-state index in [1.54, 1.807) is 6.08 Å². The van der Waals surface area contributed by atoms with Crippen LogP contribution in [0.25, 0.3) is 0 Å². The van der Waals surface area contributed by atoms with Gasteiger partial charge in [0.15, 0.2) is 6.29 Å². The van der Waals surface area contributed by atoms with E-state index in [0.29, 0.717) is 12.8 Å². The zero-order chi connectivity index (χ0) is 38.9. The molecule has 0 bridgehead atoms. The van der Waals surface area contributed by atoms with E-state index in [0.717, 1.165) is 64.2 Å². The van der Waals surface area contributed by atoms with Gasteiger partial charge in [0.25, 0.3) is 0 Å². The molecule has 0 aliphatic carbocycles. The van der Waals surface area contributed by atoms with Crippen molar-refractivity contribution in [3.63, 3.8) is 0 Å². The molecule has 8 unspecified atom stereocenters. The van der Waals surface area contributed by atoms with Crippen molar-refractivity contribution < 1.29 is 44.9 Å². The molecule has 0 aromatic carbocycles. The number of unbranched alkanes of at least 4 members (excludes halogenated alkanes) is 16. The summed E-state index contributed by atoms with van der Waals surface area (Å²) in [6.45, 7) is 3.47. The van der Waals surface area contributed by atoms with Crippen molar-refractivity contribution in [2.45, 2.75) is 204 Å². The molecular weight excluding hydrogens is 674 g/mol. The minimum atomic E-state index is -1.62. The van der Waals surface area contributed by atoms with Crippen LogP contribution in [-0.2, 0) is 14.3 Å². The van der Waals surface area contributed by atoms with Crippen molar-refractivity contribution in [3.05, 3.63) is 48.6 Å². The Kier molecular flexibility index (Phi) is 31.0. The van der Waals surface area contributed by atoms with E-state index in [2.05, 4.69) is 55.6 Å². The van der Waals surface area contributed by atoms with E-state index in [9.17, 15) is 35.4 Å². The molecule has 10 nitrogen and oxygen atoms in total. The lowest BCUT2D eigenvalue weighted by molar-refractivity contribution is -0.302. The maximum absolute atomic E-state index is 13.0. The van der Waals surface area contributed by atoms with Gasteiger partial charge in [-0.2, -0.15) is 0 Å². The Balaban J connectivity index is 2.48. The molecule has 7 N–H and O–H groups in total. The van der Waals surface area contributed by atoms with Gasteiger partial charge < -0.3 is 45.4 Å². The molecule has 1 amide bonds. The number of allylic oxidation sites excluding steroid dienone is 7. The number of hydrogen-bond acceptors (Lipinski definition) is 9. The van der Waals surface area contributed by atoms with Crippen molar-refractivity contribution in [1.29, 1.82) is 0 Å². The van der Waals surface area contributed by atoms with Crippen molar-refractivity contribution in [3.8, 4) is 0 Å². The summed E-state index contributed by atoms with van der Waals surface area (Å²) in [7, 11) is 0. The molecule has 1 rings (SSSR count). The monoisotopic (exact) mass is 752 g/mol. The third-order valence-corrected chi connectivity index (χ3v) is 9.69. The van der Waals surface area contributed by atoms with E-state index in [-0.39, 0.29) is 13.0 Å². The number of rotatable bonds is 33. The zero-order valence-corrected chi connectivity index (χ0v) is 33.1. The summed E-state index contributed by atoms with van der Waals surface area (Å²) in [5.74, 6) is -0.643. The zero-order valence-electron chi connectivity index (χ0n) is 33.1. The molecule has 1 aliphatic heterocycles. The highest BCUT2D eigenvalue weighted by Crippen LogP contribution is 2.22. The van der Waals surface area contributed by atoms with Gasteiger partial charge in [-0.15, -0.1) is 0 Å². The summed E-state index contributed by atoms with van der Waals surface area (Å²) in [6, 6.07) is -1.01. The average molecular weight is 752 g/mol. The summed E-state index contributed by atoms with van der Waals surface area (Å²) in [5.41, 5.74) is 0. The molecule has 0 aromatic rings. The van der Waals surface area contributed by atoms with E-state index < -0.39 is 61.5 Å². The molecule has 0 radical (unpaired) electrons. The second kappa shape index (κ2) is 33.4. The predicted octanol–water partition coefficient (Wildman–Crippen LogP) is 6.86. The van der Waals surface area contributed by atoms with Crippen LogP contribution < -0.4 is 5.32 Å². The Bertz CT molecular complexity index is 985. The number of carbonyl (C=O) groups is 1. The third kappa shape index (κ3) is 24.3. The van der Waals surface area contributed by atoms with Crippen LogP contribution in [-0.4, -0.2) is 98.7 Å². The van der Waals surface area contributed by atoms with Crippen LogP contribution in [0.15, 0.2) is 48.6 Å². The highest BCUT2D eigenvalue weighted by molar-refractivity contribution is 5.80. The normalized spacial score (nSPS) is 22.8. The van der Waals surface area contributed by atoms with Crippen LogP contribution in [0, 0.1) is 0 Å². The fourth-order valence-corrected chi connectivity index (χ4v) is 6.19. The maximum Gasteiger partial charge on any atom is 0.249 e. The molecule has 1 fully saturated rings. The van der Waals surface area contributed by atoms with E-state index in [1.165, 1.54) is 57.8 Å². The Labute approximate surface area is 321 Å². The van der Waals surface area contributed by atoms with E-state index in [4.69, 9.17) is 9.47 Å². The summed E-state index contributed by atoms with van der Waals surface area (Å²) < 4.78 is 11.1. The van der Waals surface area contributed by atoms with Gasteiger partial charge in [-0.25, -0.2) is 0 Å². The molecule has 1 heterocycles. The van der Waals surface area contributed by atoms with Crippen molar-refractivity contribution in [1.82, 2.24) is 5.32 Å². The van der Waals surface area contributed by atoms with Crippen LogP contribution in [0.4, 0.5) is 0 Å². The smallest absolute Gasteiger partial charge is 0.249 e. The molecule has 53 heavy (non-hydrogen) atoms. The number of aliphatic hydroxyl groups is 6. The van der Waals surface area contributed by atoms with Crippen molar-refractivity contribution in [2.24, 2.45) is 0 Å². The molecular formula is C43H77NO9. The first kappa shape index (κ1) is 49.1. The fraction of sp³-hybridized carbons (Fsp3) is 0.791. The van der Waals surface area contributed by atoms with Gasteiger partial charge in [-0.05, 0) is 64.2 Å². The highest BCUT2D eigenvalue weighted by atomic mass is 16.7. The second-order valence-corrected chi connectivity index (χ2v) is 14.5. The van der Waals surface area contributed by atoms with E-state index in [1.807, 2.05) is 6.08 Å². The molecule has 0 aromatic heterocycles. The lowest BCUT2D eigenvalue weighted by Crippen LogP contribution is -2.60. The first-order valence-electron chi connectivity index (χ1n) is 21.0. The van der Waals surface area contributed by atoms with Crippen LogP contribution in [0.5, 0.6) is 0 Å². The van der Waals surface area contributed by atoms with Crippen molar-refractivity contribution in [2.75, 3.05) is 13.2 Å². The van der Waals surface area contributed by atoms with Crippen molar-refractivity contribution >= 4 is 5.91 Å². The molecule has 0 spiro atoms. The Morgan fingerprint density at radius 1 is 0.642 bits per heavy atom. The summed E-state index contributed by atoms with van der Waals surface area (Å²) in [5, 5.41) is 64.3. The van der Waals surface area contributed by atoms with Crippen LogP contribution in [0.1, 0.15) is 155 Å². The number of aliphatic hydroxyl groups excluding tert-OH is 6. The summed E-state index contributed by atoms with van der Waals surface area (Å²) in [4.78, 5) is 13.0. The van der Waals surface area contributed by atoms with Gasteiger partial charge >= 0.3 is 0 Å². The summed E-state index contributed by atoms with van der Waals surface area (Å²) >= 11 is 0. The Morgan fingerprint density at radius 2 is 1.15 bits per heavy atom. The molecule has 1 aliphatic rings. The first-order valence-corrected chi connectivity index (χ1v) is 21.0. The number of carbonyl (C=O) groups excluding carboxylic acids is 1. The number of nitrogens with one attached hydrogen (secondary N) is 1. The van der Waals surface area contributed by atoms with Gasteiger partial charge in [-0.3, -0.25) is 4.79 Å². The predicted molar refractivity (Wildman–Crippen MR) is 213 cm³/mol. The SMILES string of the molecule is CCC/C=C/CC/C=C/CC/C=C/C(O)C(COC1OC(CO)C(O)C(O)C1O)NC(=O)C(O)CCCCCC/C=C\CCCCCCCCCCC. The minimum Gasteiger partial charge on any atom is -0.394 e. The lowest BCUT2D eigenvalue weighted by Gasteiger charge is -2.40. The molecule has 0 saturated carbocycles. The molecule has 1 saturated heterocycles. The first-order chi connectivity index (χ1) is 25.8. The molecule has 10 heteroatoms. The number of hydrogen-bond donors (Lipinski definition) is 7. The number of amides is 1. The third-order valence-electron chi connectivity index (χ3n) is 9.69. The largest absolute Gasteiger partial charge is 0.394 e. The number of ether oxygens (including phenoxy) is 2. The Hall–Kier alpha value is -1.89. The van der Waals surface area contributed by atoms with E-state index >= 15 is 0 Å². The van der Waals surface area contributed by atoms with Gasteiger partial charge in [0.05, 0.1) is 25.4 Å². The Morgan fingerprint density at radius 3 is 1.72 bits per heavy atom. The average Bonchev–Trinajstić information content (AvgIpc) is 3.16. The minimum absolute atomic E-state index is 0.285. The van der Waals surface area contributed by atoms with Gasteiger partial charge in [-0.1, -0.05) is 140 Å². The summed E-state index contributed by atoms with van der Waals surface area (Å²) in [6.07, 6.45) is 30.6.